The molecule has 7 nitrogen and oxygen atoms in total. The van der Waals surface area contributed by atoms with Gasteiger partial charge in [0.05, 0.1) is 10.2 Å². The highest BCUT2D eigenvalue weighted by Crippen LogP contribution is 2.28. The number of sulfonamides is 1. The lowest BCUT2D eigenvalue weighted by atomic mass is 10.2. The molecule has 0 fully saturated rings. The van der Waals surface area contributed by atoms with Crippen molar-refractivity contribution in [1.29, 1.82) is 0 Å². The first-order chi connectivity index (χ1) is 11.4. The van der Waals surface area contributed by atoms with Crippen molar-refractivity contribution in [2.45, 2.75) is 19.0 Å². The van der Waals surface area contributed by atoms with Gasteiger partial charge in [-0.05, 0) is 43.7 Å². The fraction of sp³-hybridized carbons (Fsp3) is 0.133. The van der Waals surface area contributed by atoms with E-state index in [1.54, 1.807) is 10.5 Å². The van der Waals surface area contributed by atoms with E-state index in [-0.39, 0.29) is 11.0 Å². The third-order valence-electron chi connectivity index (χ3n) is 3.49. The monoisotopic (exact) mass is 359 g/mol. The van der Waals surface area contributed by atoms with Gasteiger partial charge in [0, 0.05) is 5.69 Å². The molecule has 0 aliphatic rings. The zero-order chi connectivity index (χ0) is 16.9. The molecule has 1 N–H and O–H groups in total. The number of nitrogens with one attached hydrogen (secondary N) is 1. The Bertz CT molecular complexity index is 1160. The largest absolute Gasteiger partial charge is 0.299 e. The summed E-state index contributed by atoms with van der Waals surface area (Å²) in [6.45, 7) is 3.70. The van der Waals surface area contributed by atoms with Crippen molar-refractivity contribution in [3.05, 3.63) is 47.7 Å². The molecule has 3 heterocycles. The summed E-state index contributed by atoms with van der Waals surface area (Å²) < 4.78 is 30.5. The molecular formula is C15H13N5O2S2. The normalized spacial score (nSPS) is 12.1. The minimum absolute atomic E-state index is 0.143. The van der Waals surface area contributed by atoms with Crippen LogP contribution in [0.15, 0.2) is 41.6 Å². The fourth-order valence-corrected chi connectivity index (χ4v) is 4.67. The molecule has 0 aliphatic heterocycles. The minimum Gasteiger partial charge on any atom is -0.261 e. The Kier molecular flexibility index (Phi) is 3.29. The summed E-state index contributed by atoms with van der Waals surface area (Å²) in [5.74, 6) is 0.267. The van der Waals surface area contributed by atoms with Crippen LogP contribution in [0.1, 0.15) is 11.3 Å². The number of pyridine rings is 1. The summed E-state index contributed by atoms with van der Waals surface area (Å²) in [5.41, 5.74) is 2.42. The van der Waals surface area contributed by atoms with Crippen LogP contribution >= 0.6 is 11.3 Å². The summed E-state index contributed by atoms with van der Waals surface area (Å²) in [7, 11) is -3.91. The quantitative estimate of drug-likeness (QED) is 0.607. The number of fused-ring (bicyclic) bond motifs is 3. The average Bonchev–Trinajstić information content (AvgIpc) is 3.04. The SMILES string of the molecule is Cc1cc(C)nc(NS(=O)(=O)c2nnc3sc4ccccc4n23)c1. The number of nitrogens with zero attached hydrogens (tertiary/aromatic N) is 4. The highest BCUT2D eigenvalue weighted by atomic mass is 32.2. The predicted octanol–water partition coefficient (Wildman–Crippen LogP) is 2.76. The molecule has 0 atom stereocenters. The molecule has 4 aromatic rings. The van der Waals surface area contributed by atoms with E-state index in [1.807, 2.05) is 44.2 Å². The van der Waals surface area contributed by atoms with Crippen molar-refractivity contribution in [2.24, 2.45) is 0 Å². The van der Waals surface area contributed by atoms with Gasteiger partial charge in [-0.2, -0.15) is 8.42 Å². The first kappa shape index (κ1) is 15.0. The van der Waals surface area contributed by atoms with Gasteiger partial charge in [-0.25, -0.2) is 4.98 Å². The number of para-hydroxylation sites is 1. The molecule has 0 spiro atoms. The van der Waals surface area contributed by atoms with Crippen molar-refractivity contribution in [1.82, 2.24) is 19.6 Å². The van der Waals surface area contributed by atoms with Crippen LogP contribution in [0.4, 0.5) is 5.82 Å². The molecular weight excluding hydrogens is 346 g/mol. The van der Waals surface area contributed by atoms with Crippen LogP contribution < -0.4 is 4.72 Å². The maximum absolute atomic E-state index is 12.8. The van der Waals surface area contributed by atoms with Crippen LogP contribution in [-0.4, -0.2) is 28.0 Å². The van der Waals surface area contributed by atoms with Gasteiger partial charge in [0.1, 0.15) is 5.82 Å². The van der Waals surface area contributed by atoms with Gasteiger partial charge in [0.15, 0.2) is 0 Å². The van der Waals surface area contributed by atoms with E-state index in [1.165, 1.54) is 11.3 Å². The maximum atomic E-state index is 12.8. The summed E-state index contributed by atoms with van der Waals surface area (Å²) in [6.07, 6.45) is 0. The second-order valence-electron chi connectivity index (χ2n) is 5.45. The molecule has 1 aromatic carbocycles. The molecule has 4 rings (SSSR count). The lowest BCUT2D eigenvalue weighted by Crippen LogP contribution is -2.17. The maximum Gasteiger partial charge on any atom is 0.299 e. The molecule has 0 amide bonds. The summed E-state index contributed by atoms with van der Waals surface area (Å²) in [4.78, 5) is 4.75. The third-order valence-corrected chi connectivity index (χ3v) is 5.72. The van der Waals surface area contributed by atoms with Crippen molar-refractivity contribution in [3.8, 4) is 0 Å². The zero-order valence-electron chi connectivity index (χ0n) is 12.9. The number of hydrogen-bond donors (Lipinski definition) is 1. The van der Waals surface area contributed by atoms with Gasteiger partial charge >= 0.3 is 0 Å². The first-order valence-corrected chi connectivity index (χ1v) is 9.45. The fourth-order valence-electron chi connectivity index (χ4n) is 2.61. The molecule has 24 heavy (non-hydrogen) atoms. The number of aryl methyl sites for hydroxylation is 2. The Morgan fingerprint density at radius 1 is 1.12 bits per heavy atom. The zero-order valence-corrected chi connectivity index (χ0v) is 14.5. The van der Waals surface area contributed by atoms with E-state index in [0.717, 1.165) is 21.5 Å². The Morgan fingerprint density at radius 3 is 2.71 bits per heavy atom. The second kappa shape index (κ2) is 5.25. The molecule has 0 saturated carbocycles. The van der Waals surface area contributed by atoms with Gasteiger partial charge < -0.3 is 0 Å². The van der Waals surface area contributed by atoms with Gasteiger partial charge in [0.2, 0.25) is 4.96 Å². The third kappa shape index (κ3) is 2.42. The lowest BCUT2D eigenvalue weighted by Gasteiger charge is -2.07. The van der Waals surface area contributed by atoms with E-state index in [0.29, 0.717) is 4.96 Å². The number of hydrogen-bond acceptors (Lipinski definition) is 6. The van der Waals surface area contributed by atoms with Crippen LogP contribution in [0.25, 0.3) is 15.2 Å². The minimum atomic E-state index is -3.91. The van der Waals surface area contributed by atoms with E-state index in [9.17, 15) is 8.42 Å². The Hall–Kier alpha value is -2.52. The number of thiazole rings is 1. The van der Waals surface area contributed by atoms with Crippen molar-refractivity contribution < 1.29 is 8.42 Å². The standard InChI is InChI=1S/C15H13N5O2S2/c1-9-7-10(2)16-13(8-9)19-24(21,22)15-18-17-14-20(15)11-5-3-4-6-12(11)23-14/h3-8H,1-2H3,(H,16,19). The Balaban J connectivity index is 1.86. The molecule has 3 aromatic heterocycles. The van der Waals surface area contributed by atoms with Crippen LogP contribution in [0.5, 0.6) is 0 Å². The average molecular weight is 359 g/mol. The summed E-state index contributed by atoms with van der Waals surface area (Å²) in [6, 6.07) is 11.1. The van der Waals surface area contributed by atoms with Crippen LogP contribution in [0.3, 0.4) is 0 Å². The number of aromatic nitrogens is 4. The van der Waals surface area contributed by atoms with Gasteiger partial charge in [-0.1, -0.05) is 23.5 Å². The van der Waals surface area contributed by atoms with Crippen molar-refractivity contribution in [2.75, 3.05) is 4.72 Å². The molecule has 9 heteroatoms. The van der Waals surface area contributed by atoms with E-state index >= 15 is 0 Å². The summed E-state index contributed by atoms with van der Waals surface area (Å²) >= 11 is 1.39. The molecule has 122 valence electrons. The highest BCUT2D eigenvalue weighted by molar-refractivity contribution is 7.92. The molecule has 0 bridgehead atoms. The highest BCUT2D eigenvalue weighted by Gasteiger charge is 2.25. The number of anilines is 1. The van der Waals surface area contributed by atoms with E-state index in [2.05, 4.69) is 19.9 Å². The topological polar surface area (TPSA) is 89.2 Å². The Morgan fingerprint density at radius 2 is 1.92 bits per heavy atom. The van der Waals surface area contributed by atoms with Gasteiger partial charge in [-0.3, -0.25) is 9.12 Å². The lowest BCUT2D eigenvalue weighted by molar-refractivity contribution is 0.591. The number of rotatable bonds is 3. The Labute approximate surface area is 142 Å². The number of benzene rings is 1. The first-order valence-electron chi connectivity index (χ1n) is 7.15. The van der Waals surface area contributed by atoms with E-state index < -0.39 is 10.0 Å². The molecule has 0 radical (unpaired) electrons. The molecule has 0 unspecified atom stereocenters. The predicted molar refractivity (Wildman–Crippen MR) is 92.9 cm³/mol. The van der Waals surface area contributed by atoms with Gasteiger partial charge in [-0.15, -0.1) is 10.2 Å². The van der Waals surface area contributed by atoms with Crippen LogP contribution in [-0.2, 0) is 10.0 Å². The smallest absolute Gasteiger partial charge is 0.261 e. The van der Waals surface area contributed by atoms with Crippen molar-refractivity contribution >= 4 is 42.4 Å². The summed E-state index contributed by atoms with van der Waals surface area (Å²) in [5, 5.41) is 7.71. The molecule has 0 saturated heterocycles. The van der Waals surface area contributed by atoms with Crippen LogP contribution in [0, 0.1) is 13.8 Å². The van der Waals surface area contributed by atoms with E-state index in [4.69, 9.17) is 0 Å². The molecule has 0 aliphatic carbocycles. The van der Waals surface area contributed by atoms with Crippen LogP contribution in [0.2, 0.25) is 0 Å². The second-order valence-corrected chi connectivity index (χ2v) is 8.03. The van der Waals surface area contributed by atoms with Crippen molar-refractivity contribution in [3.63, 3.8) is 0 Å². The van der Waals surface area contributed by atoms with Gasteiger partial charge in [0.25, 0.3) is 15.2 Å².